The monoisotopic (exact) mass is 351 g/mol. The van der Waals surface area contributed by atoms with Gasteiger partial charge in [0.2, 0.25) is 5.91 Å². The Bertz CT molecular complexity index is 606. The van der Waals surface area contributed by atoms with Crippen molar-refractivity contribution in [2.24, 2.45) is 0 Å². The van der Waals surface area contributed by atoms with E-state index in [2.05, 4.69) is 5.32 Å². The second-order valence-corrected chi connectivity index (χ2v) is 5.70. The topological polar surface area (TPSA) is 102 Å². The number of likely N-dealkylation sites (N-methyl/N-ethyl adjacent to an activating group) is 1. The van der Waals surface area contributed by atoms with Gasteiger partial charge in [-0.2, -0.15) is 0 Å². The van der Waals surface area contributed by atoms with E-state index in [0.717, 1.165) is 5.56 Å². The highest BCUT2D eigenvalue weighted by Gasteiger charge is 2.17. The third-order valence-corrected chi connectivity index (χ3v) is 3.80. The number of nitro groups is 1. The summed E-state index contributed by atoms with van der Waals surface area (Å²) in [7, 11) is 1.78. The molecule has 138 valence electrons. The van der Waals surface area contributed by atoms with Crippen molar-refractivity contribution in [3.05, 3.63) is 39.9 Å². The minimum absolute atomic E-state index is 0.0289. The number of nitrogens with one attached hydrogen (secondary N) is 1. The van der Waals surface area contributed by atoms with Gasteiger partial charge in [0.1, 0.15) is 0 Å². The third-order valence-electron chi connectivity index (χ3n) is 3.80. The van der Waals surface area contributed by atoms with E-state index in [4.69, 9.17) is 4.74 Å². The molecule has 0 saturated heterocycles. The number of hydrogen-bond acceptors (Lipinski definition) is 6. The fourth-order valence-electron chi connectivity index (χ4n) is 2.27. The van der Waals surface area contributed by atoms with Crippen LogP contribution in [0, 0.1) is 10.1 Å². The largest absolute Gasteiger partial charge is 0.466 e. The van der Waals surface area contributed by atoms with Crippen molar-refractivity contribution >= 4 is 17.6 Å². The Labute approximate surface area is 147 Å². The molecule has 0 aliphatic carbocycles. The van der Waals surface area contributed by atoms with E-state index in [1.165, 1.54) is 12.1 Å². The summed E-state index contributed by atoms with van der Waals surface area (Å²) in [6, 6.07) is 6.23. The maximum absolute atomic E-state index is 12.0. The van der Waals surface area contributed by atoms with Crippen molar-refractivity contribution in [1.29, 1.82) is 0 Å². The lowest BCUT2D eigenvalue weighted by molar-refractivity contribution is -0.384. The zero-order valence-electron chi connectivity index (χ0n) is 14.9. The normalized spacial score (nSPS) is 11.8. The van der Waals surface area contributed by atoms with E-state index in [9.17, 15) is 19.7 Å². The third kappa shape index (κ3) is 7.30. The minimum atomic E-state index is -0.438. The second-order valence-electron chi connectivity index (χ2n) is 5.70. The molecule has 0 heterocycles. The Hall–Kier alpha value is -2.48. The van der Waals surface area contributed by atoms with Gasteiger partial charge in [0, 0.05) is 31.1 Å². The van der Waals surface area contributed by atoms with Gasteiger partial charge in [-0.05, 0) is 32.9 Å². The van der Waals surface area contributed by atoms with Gasteiger partial charge < -0.3 is 10.1 Å². The van der Waals surface area contributed by atoms with Crippen molar-refractivity contribution < 1.29 is 19.2 Å². The number of carbonyl (C=O) groups is 2. The first-order valence-corrected chi connectivity index (χ1v) is 8.22. The van der Waals surface area contributed by atoms with Crippen LogP contribution in [0.15, 0.2) is 24.3 Å². The van der Waals surface area contributed by atoms with Crippen LogP contribution < -0.4 is 5.32 Å². The Balaban J connectivity index is 2.42. The summed E-state index contributed by atoms with van der Waals surface area (Å²) < 4.78 is 4.81. The zero-order chi connectivity index (χ0) is 18.8. The lowest BCUT2D eigenvalue weighted by Crippen LogP contribution is -2.36. The zero-order valence-corrected chi connectivity index (χ0v) is 14.9. The molecule has 25 heavy (non-hydrogen) atoms. The molecule has 1 rings (SSSR count). The SMILES string of the molecule is CCOC(=O)CCCNC(=O)CN(C)[C@H](C)c1cccc([N+](=O)[O-])c1. The Kier molecular flexibility index (Phi) is 8.55. The van der Waals surface area contributed by atoms with Crippen LogP contribution in [0.3, 0.4) is 0 Å². The van der Waals surface area contributed by atoms with Gasteiger partial charge in [0.05, 0.1) is 18.1 Å². The van der Waals surface area contributed by atoms with Crippen molar-refractivity contribution in [2.45, 2.75) is 32.7 Å². The highest BCUT2D eigenvalue weighted by molar-refractivity contribution is 5.78. The first-order valence-electron chi connectivity index (χ1n) is 8.22. The van der Waals surface area contributed by atoms with Gasteiger partial charge in [-0.15, -0.1) is 0 Å². The number of nitrogens with zero attached hydrogens (tertiary/aromatic N) is 2. The molecule has 1 aromatic rings. The average Bonchev–Trinajstić information content (AvgIpc) is 2.58. The summed E-state index contributed by atoms with van der Waals surface area (Å²) >= 11 is 0. The van der Waals surface area contributed by atoms with Crippen LogP contribution in [0.1, 0.15) is 38.3 Å². The fourth-order valence-corrected chi connectivity index (χ4v) is 2.27. The standard InChI is InChI=1S/C17H25N3O5/c1-4-25-17(22)9-6-10-18-16(21)12-19(3)13(2)14-7-5-8-15(11-14)20(23)24/h5,7-8,11,13H,4,6,9-10,12H2,1-3H3,(H,18,21)/t13-/m1/s1. The second kappa shape index (κ2) is 10.4. The molecule has 0 aromatic heterocycles. The summed E-state index contributed by atoms with van der Waals surface area (Å²) in [4.78, 5) is 35.4. The average molecular weight is 351 g/mol. The molecule has 0 bridgehead atoms. The van der Waals surface area contributed by atoms with Crippen molar-refractivity contribution in [3.63, 3.8) is 0 Å². The quantitative estimate of drug-likeness (QED) is 0.300. The number of hydrogen-bond donors (Lipinski definition) is 1. The first-order chi connectivity index (χ1) is 11.8. The van der Waals surface area contributed by atoms with Crippen molar-refractivity contribution in [1.82, 2.24) is 10.2 Å². The number of esters is 1. The Morgan fingerprint density at radius 3 is 2.76 bits per heavy atom. The summed E-state index contributed by atoms with van der Waals surface area (Å²) in [5.74, 6) is -0.434. The number of amides is 1. The summed E-state index contributed by atoms with van der Waals surface area (Å²) in [5, 5.41) is 13.6. The molecule has 1 amide bonds. The molecule has 0 aliphatic heterocycles. The van der Waals surface area contributed by atoms with Gasteiger partial charge in [-0.1, -0.05) is 12.1 Å². The molecule has 1 atom stereocenters. The van der Waals surface area contributed by atoms with E-state index in [0.29, 0.717) is 19.6 Å². The molecule has 0 aliphatic rings. The number of ether oxygens (including phenoxy) is 1. The number of rotatable bonds is 10. The fraction of sp³-hybridized carbons (Fsp3) is 0.529. The van der Waals surface area contributed by atoms with Crippen LogP contribution in [0.4, 0.5) is 5.69 Å². The highest BCUT2D eigenvalue weighted by atomic mass is 16.6. The van der Waals surface area contributed by atoms with Crippen molar-refractivity contribution in [2.75, 3.05) is 26.7 Å². The molecule has 8 nitrogen and oxygen atoms in total. The van der Waals surface area contributed by atoms with E-state index in [-0.39, 0.29) is 36.6 Å². The van der Waals surface area contributed by atoms with Crippen LogP contribution in [0.2, 0.25) is 0 Å². The van der Waals surface area contributed by atoms with Gasteiger partial charge in [0.15, 0.2) is 0 Å². The molecule has 8 heteroatoms. The van der Waals surface area contributed by atoms with Crippen LogP contribution in [-0.4, -0.2) is 48.4 Å². The summed E-state index contributed by atoms with van der Waals surface area (Å²) in [6.45, 7) is 4.54. The molecular weight excluding hydrogens is 326 g/mol. The smallest absolute Gasteiger partial charge is 0.305 e. The van der Waals surface area contributed by atoms with Gasteiger partial charge >= 0.3 is 5.97 Å². The maximum atomic E-state index is 12.0. The van der Waals surface area contributed by atoms with E-state index in [1.54, 1.807) is 31.0 Å². The van der Waals surface area contributed by atoms with E-state index < -0.39 is 4.92 Å². The predicted molar refractivity (Wildman–Crippen MR) is 93.0 cm³/mol. The van der Waals surface area contributed by atoms with Crippen LogP contribution in [0.25, 0.3) is 0 Å². The predicted octanol–water partition coefficient (Wildman–Crippen LogP) is 2.05. The van der Waals surface area contributed by atoms with Gasteiger partial charge in [0.25, 0.3) is 5.69 Å². The highest BCUT2D eigenvalue weighted by Crippen LogP contribution is 2.22. The maximum Gasteiger partial charge on any atom is 0.305 e. The number of nitro benzene ring substituents is 1. The first kappa shape index (κ1) is 20.6. The molecule has 0 spiro atoms. The summed E-state index contributed by atoms with van der Waals surface area (Å²) in [5.41, 5.74) is 0.799. The Morgan fingerprint density at radius 1 is 1.40 bits per heavy atom. The van der Waals surface area contributed by atoms with Gasteiger partial charge in [-0.25, -0.2) is 0 Å². The number of benzene rings is 1. The minimum Gasteiger partial charge on any atom is -0.466 e. The molecule has 1 N–H and O–H groups in total. The molecule has 0 fully saturated rings. The molecule has 0 radical (unpaired) electrons. The number of non-ortho nitro benzene ring substituents is 1. The molecule has 1 aromatic carbocycles. The molecule has 0 unspecified atom stereocenters. The van der Waals surface area contributed by atoms with Crippen LogP contribution in [-0.2, 0) is 14.3 Å². The molecular formula is C17H25N3O5. The van der Waals surface area contributed by atoms with E-state index in [1.807, 2.05) is 6.92 Å². The van der Waals surface area contributed by atoms with E-state index >= 15 is 0 Å². The van der Waals surface area contributed by atoms with Gasteiger partial charge in [-0.3, -0.25) is 24.6 Å². The van der Waals surface area contributed by atoms with Crippen LogP contribution in [0.5, 0.6) is 0 Å². The molecule has 0 saturated carbocycles. The lowest BCUT2D eigenvalue weighted by Gasteiger charge is -2.24. The van der Waals surface area contributed by atoms with Crippen LogP contribution >= 0.6 is 0 Å². The Morgan fingerprint density at radius 2 is 2.12 bits per heavy atom. The number of carbonyl (C=O) groups excluding carboxylic acids is 2. The summed E-state index contributed by atoms with van der Waals surface area (Å²) in [6.07, 6.45) is 0.794. The van der Waals surface area contributed by atoms with Crippen molar-refractivity contribution in [3.8, 4) is 0 Å². The lowest BCUT2D eigenvalue weighted by atomic mass is 10.1.